The molecule has 0 radical (unpaired) electrons. The van der Waals surface area contributed by atoms with Crippen LogP contribution in [0.1, 0.15) is 10.4 Å². The van der Waals surface area contributed by atoms with Crippen molar-refractivity contribution in [2.45, 2.75) is 13.2 Å². The number of ether oxygens (including phenoxy) is 2. The largest absolute Gasteiger partial charge is 0.493 e. The van der Waals surface area contributed by atoms with Crippen LogP contribution in [0.15, 0.2) is 28.1 Å². The lowest BCUT2D eigenvalue weighted by atomic mass is 10.2. The van der Waals surface area contributed by atoms with Gasteiger partial charge in [0.15, 0.2) is 11.5 Å². The fourth-order valence-corrected chi connectivity index (χ4v) is 3.48. The first-order chi connectivity index (χ1) is 9.63. The summed E-state index contributed by atoms with van der Waals surface area (Å²) in [5.41, 5.74) is 1.06. The highest BCUT2D eigenvalue weighted by Gasteiger charge is 2.12. The topological polar surface area (TPSA) is 30.5 Å². The van der Waals surface area contributed by atoms with Crippen molar-refractivity contribution in [2.24, 2.45) is 0 Å². The molecule has 0 saturated carbocycles. The summed E-state index contributed by atoms with van der Waals surface area (Å²) in [7, 11) is 3.50. The van der Waals surface area contributed by atoms with E-state index in [-0.39, 0.29) is 0 Å². The lowest BCUT2D eigenvalue weighted by molar-refractivity contribution is 0.287. The summed E-state index contributed by atoms with van der Waals surface area (Å²) in [6, 6.07) is 7.84. The summed E-state index contributed by atoms with van der Waals surface area (Å²) >= 11 is 11.4. The van der Waals surface area contributed by atoms with E-state index < -0.39 is 0 Å². The zero-order valence-corrected chi connectivity index (χ0v) is 14.4. The quantitative estimate of drug-likeness (QED) is 0.807. The van der Waals surface area contributed by atoms with Gasteiger partial charge in [-0.2, -0.15) is 0 Å². The Morgan fingerprint density at radius 3 is 2.75 bits per heavy atom. The number of halogens is 2. The third-order valence-electron chi connectivity index (χ3n) is 2.66. The Kier molecular flexibility index (Phi) is 5.72. The molecule has 0 aliphatic rings. The van der Waals surface area contributed by atoms with Crippen LogP contribution in [-0.2, 0) is 13.2 Å². The van der Waals surface area contributed by atoms with Crippen LogP contribution in [0.5, 0.6) is 11.5 Å². The number of hydrogen-bond donors (Lipinski definition) is 1. The van der Waals surface area contributed by atoms with E-state index in [0.717, 1.165) is 20.8 Å². The van der Waals surface area contributed by atoms with E-state index in [4.69, 9.17) is 21.1 Å². The lowest BCUT2D eigenvalue weighted by Crippen LogP contribution is -2.06. The molecule has 1 N–H and O–H groups in total. The zero-order chi connectivity index (χ0) is 14.5. The van der Waals surface area contributed by atoms with Gasteiger partial charge in [0.1, 0.15) is 6.61 Å². The first-order valence-corrected chi connectivity index (χ1v) is 8.00. The molecule has 108 valence electrons. The van der Waals surface area contributed by atoms with Crippen LogP contribution in [0.25, 0.3) is 0 Å². The molecule has 0 amide bonds. The predicted octanol–water partition coefficient (Wildman–Crippen LogP) is 4.47. The molecule has 2 aromatic rings. The lowest BCUT2D eigenvalue weighted by Gasteiger charge is -2.13. The van der Waals surface area contributed by atoms with Gasteiger partial charge in [0.05, 0.1) is 15.9 Å². The highest BCUT2D eigenvalue weighted by atomic mass is 79.9. The molecule has 0 aliphatic heterocycles. The predicted molar refractivity (Wildman–Crippen MR) is 87.1 cm³/mol. The molecule has 0 fully saturated rings. The summed E-state index contributed by atoms with van der Waals surface area (Å²) in [4.78, 5) is 1.12. The average Bonchev–Trinajstić information content (AvgIpc) is 2.83. The van der Waals surface area contributed by atoms with Crippen LogP contribution in [-0.4, -0.2) is 14.2 Å². The second-order valence-corrected chi connectivity index (χ2v) is 7.09. The average molecular weight is 377 g/mol. The number of methoxy groups -OCH3 is 1. The Bertz CT molecular complexity index is 589. The summed E-state index contributed by atoms with van der Waals surface area (Å²) in [6.07, 6.45) is 0. The Balaban J connectivity index is 2.17. The van der Waals surface area contributed by atoms with Crippen molar-refractivity contribution in [3.8, 4) is 11.5 Å². The van der Waals surface area contributed by atoms with Crippen molar-refractivity contribution in [3.05, 3.63) is 43.5 Å². The van der Waals surface area contributed by atoms with Crippen molar-refractivity contribution in [1.29, 1.82) is 0 Å². The standard InChI is InChI=1S/C14H15BrClNO2S/c1-17-7-9-5-11(16)14(12(6-9)18-2)19-8-10-3-4-13(15)20-10/h3-6,17H,7-8H2,1-2H3. The maximum absolute atomic E-state index is 6.28. The van der Waals surface area contributed by atoms with Gasteiger partial charge in [-0.1, -0.05) is 11.6 Å². The number of hydrogen-bond acceptors (Lipinski definition) is 4. The van der Waals surface area contributed by atoms with Crippen molar-refractivity contribution < 1.29 is 9.47 Å². The number of benzene rings is 1. The Labute approximate surface area is 136 Å². The van der Waals surface area contributed by atoms with E-state index in [0.29, 0.717) is 23.1 Å². The van der Waals surface area contributed by atoms with Crippen LogP contribution in [0.3, 0.4) is 0 Å². The molecule has 0 saturated heterocycles. The van der Waals surface area contributed by atoms with Crippen LogP contribution in [0.4, 0.5) is 0 Å². The molecule has 3 nitrogen and oxygen atoms in total. The van der Waals surface area contributed by atoms with E-state index >= 15 is 0 Å². The minimum atomic E-state index is 0.470. The first-order valence-electron chi connectivity index (χ1n) is 6.02. The molecule has 1 aromatic heterocycles. The van der Waals surface area contributed by atoms with Gasteiger partial charge in [-0.25, -0.2) is 0 Å². The SMILES string of the molecule is CNCc1cc(Cl)c(OCc2ccc(Br)s2)c(OC)c1. The van der Waals surface area contributed by atoms with Gasteiger partial charge < -0.3 is 14.8 Å². The molecule has 0 aliphatic carbocycles. The molecular formula is C14H15BrClNO2S. The van der Waals surface area contributed by atoms with Crippen LogP contribution < -0.4 is 14.8 Å². The normalized spacial score (nSPS) is 10.6. The smallest absolute Gasteiger partial charge is 0.180 e. The van der Waals surface area contributed by atoms with Crippen molar-refractivity contribution in [3.63, 3.8) is 0 Å². The molecule has 6 heteroatoms. The second-order valence-electron chi connectivity index (χ2n) is 4.13. The molecule has 20 heavy (non-hydrogen) atoms. The molecule has 1 heterocycles. The Morgan fingerprint density at radius 1 is 1.35 bits per heavy atom. The van der Waals surface area contributed by atoms with Gasteiger partial charge in [-0.3, -0.25) is 0 Å². The van der Waals surface area contributed by atoms with Crippen LogP contribution >= 0.6 is 38.9 Å². The molecule has 1 aromatic carbocycles. The van der Waals surface area contributed by atoms with E-state index in [1.54, 1.807) is 18.4 Å². The number of nitrogens with one attached hydrogen (secondary N) is 1. The summed E-state index contributed by atoms with van der Waals surface area (Å²) in [5, 5.41) is 3.64. The van der Waals surface area contributed by atoms with Crippen LogP contribution in [0.2, 0.25) is 5.02 Å². The monoisotopic (exact) mass is 375 g/mol. The third-order valence-corrected chi connectivity index (χ3v) is 4.54. The number of rotatable bonds is 6. The molecule has 0 atom stereocenters. The van der Waals surface area contributed by atoms with Gasteiger partial charge in [0, 0.05) is 11.4 Å². The van der Waals surface area contributed by atoms with Gasteiger partial charge >= 0.3 is 0 Å². The molecule has 0 unspecified atom stereocenters. The minimum absolute atomic E-state index is 0.470. The van der Waals surface area contributed by atoms with Crippen molar-refractivity contribution in [2.75, 3.05) is 14.2 Å². The Morgan fingerprint density at radius 2 is 2.15 bits per heavy atom. The fraction of sp³-hybridized carbons (Fsp3) is 0.286. The van der Waals surface area contributed by atoms with Gasteiger partial charge in [0.25, 0.3) is 0 Å². The first kappa shape index (κ1) is 15.6. The molecule has 0 spiro atoms. The molecule has 2 rings (SSSR count). The number of thiophene rings is 1. The van der Waals surface area contributed by atoms with Gasteiger partial charge in [-0.15, -0.1) is 11.3 Å². The van der Waals surface area contributed by atoms with Gasteiger partial charge in [-0.05, 0) is 52.8 Å². The highest BCUT2D eigenvalue weighted by molar-refractivity contribution is 9.11. The van der Waals surface area contributed by atoms with E-state index in [1.807, 2.05) is 31.3 Å². The maximum atomic E-state index is 6.28. The molecular weight excluding hydrogens is 362 g/mol. The zero-order valence-electron chi connectivity index (χ0n) is 11.2. The third kappa shape index (κ3) is 3.88. The van der Waals surface area contributed by atoms with E-state index in [9.17, 15) is 0 Å². The minimum Gasteiger partial charge on any atom is -0.493 e. The summed E-state index contributed by atoms with van der Waals surface area (Å²) in [6.45, 7) is 1.20. The fourth-order valence-electron chi connectivity index (χ4n) is 1.79. The summed E-state index contributed by atoms with van der Waals surface area (Å²) in [5.74, 6) is 1.23. The summed E-state index contributed by atoms with van der Waals surface area (Å²) < 4.78 is 12.2. The van der Waals surface area contributed by atoms with Gasteiger partial charge in [0.2, 0.25) is 0 Å². The van der Waals surface area contributed by atoms with Crippen LogP contribution in [0, 0.1) is 0 Å². The molecule has 0 bridgehead atoms. The Hall–Kier alpha value is -0.750. The van der Waals surface area contributed by atoms with E-state index in [1.165, 1.54) is 0 Å². The van der Waals surface area contributed by atoms with Crippen molar-refractivity contribution in [1.82, 2.24) is 5.32 Å². The van der Waals surface area contributed by atoms with Crippen molar-refractivity contribution >= 4 is 38.9 Å². The second kappa shape index (κ2) is 7.31. The maximum Gasteiger partial charge on any atom is 0.180 e. The highest BCUT2D eigenvalue weighted by Crippen LogP contribution is 2.37. The van der Waals surface area contributed by atoms with E-state index in [2.05, 4.69) is 21.2 Å².